The molecule has 2 aromatic rings. The lowest BCUT2D eigenvalue weighted by atomic mass is 10.1. The van der Waals surface area contributed by atoms with Gasteiger partial charge in [0.15, 0.2) is 0 Å². The van der Waals surface area contributed by atoms with Crippen LogP contribution >= 0.6 is 0 Å². The maximum Gasteiger partial charge on any atom is 0.123 e. The zero-order valence-electron chi connectivity index (χ0n) is 10.1. The van der Waals surface area contributed by atoms with Crippen molar-refractivity contribution in [3.63, 3.8) is 0 Å². The molecule has 4 nitrogen and oxygen atoms in total. The van der Waals surface area contributed by atoms with E-state index in [4.69, 9.17) is 0 Å². The van der Waals surface area contributed by atoms with Crippen LogP contribution in [0.2, 0.25) is 0 Å². The third-order valence-corrected chi connectivity index (χ3v) is 2.68. The molecule has 0 aliphatic heterocycles. The van der Waals surface area contributed by atoms with Crippen molar-refractivity contribution in [2.24, 2.45) is 0 Å². The first kappa shape index (κ1) is 11.8. The van der Waals surface area contributed by atoms with Gasteiger partial charge in [-0.05, 0) is 37.1 Å². The topological polar surface area (TPSA) is 53.6 Å². The Morgan fingerprint density at radius 2 is 2.12 bits per heavy atom. The first-order chi connectivity index (χ1) is 8.40. The van der Waals surface area contributed by atoms with E-state index in [9.17, 15) is 0 Å². The molecule has 90 valence electrons. The zero-order valence-corrected chi connectivity index (χ0v) is 10.1. The van der Waals surface area contributed by atoms with Crippen LogP contribution in [0.5, 0.6) is 0 Å². The van der Waals surface area contributed by atoms with Crippen LogP contribution < -0.4 is 5.32 Å². The first-order valence-electron chi connectivity index (χ1n) is 6.01. The van der Waals surface area contributed by atoms with E-state index in [0.29, 0.717) is 0 Å². The minimum Gasteiger partial charge on any atom is -0.347 e. The molecule has 1 unspecified atom stereocenters. The van der Waals surface area contributed by atoms with E-state index in [1.807, 2.05) is 30.7 Å². The van der Waals surface area contributed by atoms with Crippen LogP contribution in [0.1, 0.15) is 30.8 Å². The van der Waals surface area contributed by atoms with Gasteiger partial charge in [-0.1, -0.05) is 6.92 Å². The van der Waals surface area contributed by atoms with E-state index in [1.165, 1.54) is 5.56 Å². The van der Waals surface area contributed by atoms with Gasteiger partial charge >= 0.3 is 0 Å². The minimum absolute atomic E-state index is 0.243. The summed E-state index contributed by atoms with van der Waals surface area (Å²) in [4.78, 5) is 11.5. The van der Waals surface area contributed by atoms with Crippen LogP contribution in [-0.4, -0.2) is 21.5 Å². The quantitative estimate of drug-likeness (QED) is 0.799. The van der Waals surface area contributed by atoms with Crippen molar-refractivity contribution >= 4 is 0 Å². The van der Waals surface area contributed by atoms with Crippen LogP contribution in [0.3, 0.4) is 0 Å². The number of nitrogens with zero attached hydrogens (tertiary/aromatic N) is 2. The van der Waals surface area contributed by atoms with E-state index in [-0.39, 0.29) is 6.04 Å². The van der Waals surface area contributed by atoms with Crippen molar-refractivity contribution in [3.8, 4) is 0 Å². The molecule has 1 atom stereocenters. The predicted molar refractivity (Wildman–Crippen MR) is 67.6 cm³/mol. The van der Waals surface area contributed by atoms with Gasteiger partial charge in [0, 0.05) is 24.8 Å². The molecular formula is C13H18N4. The molecule has 0 saturated heterocycles. The highest BCUT2D eigenvalue weighted by Gasteiger charge is 2.13. The fourth-order valence-corrected chi connectivity index (χ4v) is 1.81. The molecule has 2 N–H and O–H groups in total. The highest BCUT2D eigenvalue weighted by atomic mass is 15.0. The van der Waals surface area contributed by atoms with E-state index in [1.54, 1.807) is 6.20 Å². The van der Waals surface area contributed by atoms with Crippen molar-refractivity contribution in [2.45, 2.75) is 25.8 Å². The first-order valence-corrected chi connectivity index (χ1v) is 6.01. The number of aromatic nitrogens is 3. The second-order valence-corrected chi connectivity index (χ2v) is 4.04. The van der Waals surface area contributed by atoms with Gasteiger partial charge in [-0.25, -0.2) is 4.98 Å². The number of hydrogen-bond acceptors (Lipinski definition) is 3. The Kier molecular flexibility index (Phi) is 4.27. The van der Waals surface area contributed by atoms with Crippen molar-refractivity contribution in [3.05, 3.63) is 48.3 Å². The highest BCUT2D eigenvalue weighted by Crippen LogP contribution is 2.14. The van der Waals surface area contributed by atoms with Crippen LogP contribution in [0.4, 0.5) is 0 Å². The predicted octanol–water partition coefficient (Wildman–Crippen LogP) is 2.09. The number of H-pyrrole nitrogens is 1. The lowest BCUT2D eigenvalue weighted by molar-refractivity contribution is 0.508. The summed E-state index contributed by atoms with van der Waals surface area (Å²) < 4.78 is 0. The van der Waals surface area contributed by atoms with Crippen LogP contribution in [-0.2, 0) is 6.42 Å². The Bertz CT molecular complexity index is 410. The lowest BCUT2D eigenvalue weighted by Gasteiger charge is -2.16. The number of hydrogen-bond donors (Lipinski definition) is 2. The smallest absolute Gasteiger partial charge is 0.123 e. The summed E-state index contributed by atoms with van der Waals surface area (Å²) in [5.74, 6) is 0.996. The Morgan fingerprint density at radius 1 is 1.29 bits per heavy atom. The second-order valence-electron chi connectivity index (χ2n) is 4.04. The van der Waals surface area contributed by atoms with Gasteiger partial charge in [0.05, 0.1) is 6.04 Å². The van der Waals surface area contributed by atoms with E-state index >= 15 is 0 Å². The summed E-state index contributed by atoms with van der Waals surface area (Å²) >= 11 is 0. The molecule has 0 radical (unpaired) electrons. The molecule has 0 amide bonds. The number of rotatable bonds is 6. The fraction of sp³-hybridized carbons (Fsp3) is 0.385. The summed E-state index contributed by atoms with van der Waals surface area (Å²) in [5.41, 5.74) is 1.27. The minimum atomic E-state index is 0.243. The van der Waals surface area contributed by atoms with Gasteiger partial charge in [-0.3, -0.25) is 4.98 Å². The van der Waals surface area contributed by atoms with Crippen LogP contribution in [0.15, 0.2) is 36.9 Å². The number of aromatic amines is 1. The molecule has 0 saturated carbocycles. The summed E-state index contributed by atoms with van der Waals surface area (Å²) in [6.45, 7) is 3.16. The maximum atomic E-state index is 4.33. The molecule has 0 bridgehead atoms. The standard InChI is InChI=1S/C13H18N4/c1-2-5-15-12(13-16-8-9-17-13)10-11-3-6-14-7-4-11/h3-4,6-9,12,15H,2,5,10H2,1H3,(H,16,17). The average Bonchev–Trinajstić information content (AvgIpc) is 2.89. The van der Waals surface area contributed by atoms with E-state index < -0.39 is 0 Å². The van der Waals surface area contributed by atoms with Gasteiger partial charge in [0.1, 0.15) is 5.82 Å². The molecule has 0 aromatic carbocycles. The van der Waals surface area contributed by atoms with Gasteiger partial charge in [0.25, 0.3) is 0 Å². The monoisotopic (exact) mass is 230 g/mol. The summed E-state index contributed by atoms with van der Waals surface area (Å²) in [5, 5.41) is 3.51. The lowest BCUT2D eigenvalue weighted by Crippen LogP contribution is -2.25. The molecule has 0 aliphatic carbocycles. The largest absolute Gasteiger partial charge is 0.347 e. The summed E-state index contributed by atoms with van der Waals surface area (Å²) in [7, 11) is 0. The third kappa shape index (κ3) is 3.39. The van der Waals surface area contributed by atoms with Gasteiger partial charge in [-0.2, -0.15) is 0 Å². The maximum absolute atomic E-state index is 4.33. The van der Waals surface area contributed by atoms with Crippen molar-refractivity contribution in [2.75, 3.05) is 6.54 Å². The highest BCUT2D eigenvalue weighted by molar-refractivity contribution is 5.13. The molecule has 0 fully saturated rings. The molecule has 2 aromatic heterocycles. The molecule has 2 heterocycles. The number of nitrogens with one attached hydrogen (secondary N) is 2. The summed E-state index contributed by atoms with van der Waals surface area (Å²) in [6, 6.07) is 4.33. The molecule has 0 aliphatic rings. The van der Waals surface area contributed by atoms with Crippen molar-refractivity contribution in [1.82, 2.24) is 20.3 Å². The Balaban J connectivity index is 2.06. The molecular weight excluding hydrogens is 212 g/mol. The fourth-order valence-electron chi connectivity index (χ4n) is 1.81. The SMILES string of the molecule is CCCNC(Cc1ccncc1)c1ncc[nH]1. The van der Waals surface area contributed by atoms with E-state index in [2.05, 4.69) is 27.2 Å². The average molecular weight is 230 g/mol. The Hall–Kier alpha value is -1.68. The molecule has 4 heteroatoms. The normalized spacial score (nSPS) is 12.5. The van der Waals surface area contributed by atoms with Gasteiger partial charge < -0.3 is 10.3 Å². The Labute approximate surface area is 102 Å². The van der Waals surface area contributed by atoms with Crippen LogP contribution in [0.25, 0.3) is 0 Å². The Morgan fingerprint density at radius 3 is 2.76 bits per heavy atom. The van der Waals surface area contributed by atoms with Crippen molar-refractivity contribution in [1.29, 1.82) is 0 Å². The second kappa shape index (κ2) is 6.15. The molecule has 2 rings (SSSR count). The van der Waals surface area contributed by atoms with Gasteiger partial charge in [0.2, 0.25) is 0 Å². The van der Waals surface area contributed by atoms with Crippen LogP contribution in [0, 0.1) is 0 Å². The zero-order chi connectivity index (χ0) is 11.9. The molecule has 0 spiro atoms. The van der Waals surface area contributed by atoms with Crippen molar-refractivity contribution < 1.29 is 0 Å². The number of pyridine rings is 1. The number of imidazole rings is 1. The van der Waals surface area contributed by atoms with Gasteiger partial charge in [-0.15, -0.1) is 0 Å². The summed E-state index contributed by atoms with van der Waals surface area (Å²) in [6.07, 6.45) is 9.36. The van der Waals surface area contributed by atoms with E-state index in [0.717, 1.165) is 25.2 Å². The molecule has 17 heavy (non-hydrogen) atoms. The third-order valence-electron chi connectivity index (χ3n) is 2.68.